The molecule has 1 aliphatic rings. The summed E-state index contributed by atoms with van der Waals surface area (Å²) in [5.74, 6) is -5.00. The molecule has 2 aromatic carbocycles. The summed E-state index contributed by atoms with van der Waals surface area (Å²) >= 11 is 0. The lowest BCUT2D eigenvalue weighted by molar-refractivity contribution is -0.137. The summed E-state index contributed by atoms with van der Waals surface area (Å²) in [7, 11) is 1.44. The van der Waals surface area contributed by atoms with Crippen molar-refractivity contribution in [3.63, 3.8) is 0 Å². The zero-order chi connectivity index (χ0) is 57.9. The molecule has 1 aliphatic heterocycles. The number of hydrogen-bond acceptors (Lipinski definition) is 14. The summed E-state index contributed by atoms with van der Waals surface area (Å²) in [6.07, 6.45) is 5.02. The first kappa shape index (κ1) is 61.3. The molecule has 0 spiro atoms. The maximum atomic E-state index is 14.4. The molecular formula is C53H76N16O10. The van der Waals surface area contributed by atoms with Gasteiger partial charge in [0.15, 0.2) is 5.96 Å². The molecule has 428 valence electrons. The highest BCUT2D eigenvalue weighted by molar-refractivity contribution is 5.96. The Hall–Kier alpha value is -8.58. The summed E-state index contributed by atoms with van der Waals surface area (Å²) in [5.41, 5.74) is 6.91. The number of likely N-dealkylation sites (N-methyl/N-ethyl adjacent to an activating group) is 1. The fraction of sp³-hybridized carbons (Fsp3) is 0.509. The van der Waals surface area contributed by atoms with Gasteiger partial charge in [0.25, 0.3) is 5.56 Å². The molecule has 1 fully saturated rings. The number of piperazine rings is 1. The highest BCUT2D eigenvalue weighted by atomic mass is 16.3. The Morgan fingerprint density at radius 1 is 0.785 bits per heavy atom. The van der Waals surface area contributed by atoms with Gasteiger partial charge in [0, 0.05) is 71.4 Å². The second-order valence-electron chi connectivity index (χ2n) is 20.2. The zero-order valence-electron chi connectivity index (χ0n) is 45.8. The fourth-order valence-electron chi connectivity index (χ4n) is 8.99. The molecule has 4 aromatic rings. The van der Waals surface area contributed by atoms with Gasteiger partial charge in [0.1, 0.15) is 48.5 Å². The summed E-state index contributed by atoms with van der Waals surface area (Å²) in [4.78, 5) is 137. The van der Waals surface area contributed by atoms with Crippen LogP contribution < -0.4 is 58.7 Å². The van der Waals surface area contributed by atoms with Crippen LogP contribution in [0, 0.1) is 17.2 Å². The fourth-order valence-corrected chi connectivity index (χ4v) is 8.99. The van der Waals surface area contributed by atoms with E-state index >= 15 is 0 Å². The molecule has 3 heterocycles. The molecule has 0 radical (unpaired) electrons. The van der Waals surface area contributed by atoms with Crippen LogP contribution in [-0.4, -0.2) is 159 Å². The van der Waals surface area contributed by atoms with E-state index in [9.17, 15) is 48.3 Å². The molecule has 0 bridgehead atoms. The van der Waals surface area contributed by atoms with Crippen molar-refractivity contribution in [2.24, 2.45) is 17.6 Å². The van der Waals surface area contributed by atoms with Gasteiger partial charge in [-0.2, -0.15) is 0 Å². The number of imidazole rings is 1. The summed E-state index contributed by atoms with van der Waals surface area (Å²) in [5, 5.41) is 39.3. The van der Waals surface area contributed by atoms with Crippen molar-refractivity contribution in [1.29, 1.82) is 5.41 Å². The number of aromatic amines is 1. The van der Waals surface area contributed by atoms with Crippen molar-refractivity contribution < 1.29 is 43.5 Å². The number of guanidine groups is 1. The number of aromatic hydroxyl groups is 1. The van der Waals surface area contributed by atoms with Crippen LogP contribution in [0.5, 0.6) is 5.75 Å². The molecule has 26 heteroatoms. The monoisotopic (exact) mass is 1100 g/mol. The molecule has 0 saturated carbocycles. The molecular weight excluding hydrogens is 1020 g/mol. The van der Waals surface area contributed by atoms with Crippen LogP contribution in [0.15, 0.2) is 66.1 Å². The maximum Gasteiger partial charge on any atom is 0.261 e. The Morgan fingerprint density at radius 2 is 1.43 bits per heavy atom. The smallest absolute Gasteiger partial charge is 0.261 e. The highest BCUT2D eigenvalue weighted by Crippen LogP contribution is 2.21. The SMILES string of the molecule is CC[C@H](C)[C@H](NC(C)=O)C(=O)N[C@@H](C)C(=O)N1CCN(c2ccc3ncn(CC(=O)N[C@@H](CCCNC(=N)N)C(=O)N[C@@H](Cc4c[nH]cn4)C(=O)N[C@@H](Cc4ccc(O)cc4)C(=O)N[C@@H](CC(C)C)C(=O)NC)c(=O)c3c2)CC1. The molecule has 0 aliphatic carbocycles. The minimum absolute atomic E-state index is 0.0134. The molecule has 79 heavy (non-hydrogen) atoms. The van der Waals surface area contributed by atoms with E-state index < -0.39 is 83.8 Å². The molecule has 8 amide bonds. The number of phenols is 1. The second-order valence-corrected chi connectivity index (χ2v) is 20.2. The van der Waals surface area contributed by atoms with Crippen LogP contribution in [0.3, 0.4) is 0 Å². The van der Waals surface area contributed by atoms with Gasteiger partial charge in [-0.25, -0.2) is 9.97 Å². The van der Waals surface area contributed by atoms with Crippen molar-refractivity contribution in [2.75, 3.05) is 44.7 Å². The predicted octanol–water partition coefficient (Wildman–Crippen LogP) is -0.991. The van der Waals surface area contributed by atoms with Gasteiger partial charge in [-0.3, -0.25) is 53.1 Å². The number of nitrogens with zero attached hydrogens (tertiary/aromatic N) is 5. The average Bonchev–Trinajstić information content (AvgIpc) is 3.96. The van der Waals surface area contributed by atoms with Gasteiger partial charge in [-0.1, -0.05) is 46.2 Å². The first-order valence-corrected chi connectivity index (χ1v) is 26.4. The Kier molecular flexibility index (Phi) is 22.7. The highest BCUT2D eigenvalue weighted by Gasteiger charge is 2.34. The number of fused-ring (bicyclic) bond motifs is 1. The van der Waals surface area contributed by atoms with Crippen LogP contribution in [0.25, 0.3) is 10.9 Å². The van der Waals surface area contributed by atoms with E-state index in [1.807, 2.05) is 32.6 Å². The van der Waals surface area contributed by atoms with E-state index in [-0.39, 0.29) is 73.0 Å². The van der Waals surface area contributed by atoms with Gasteiger partial charge < -0.3 is 68.2 Å². The predicted molar refractivity (Wildman–Crippen MR) is 294 cm³/mol. The number of carbonyl (C=O) groups excluding carboxylic acids is 8. The van der Waals surface area contributed by atoms with E-state index in [0.29, 0.717) is 61.5 Å². The lowest BCUT2D eigenvalue weighted by Crippen LogP contribution is -2.59. The van der Waals surface area contributed by atoms with E-state index in [1.165, 1.54) is 45.0 Å². The van der Waals surface area contributed by atoms with E-state index in [1.54, 1.807) is 42.2 Å². The lowest BCUT2D eigenvalue weighted by atomic mass is 9.98. The number of anilines is 1. The van der Waals surface area contributed by atoms with Gasteiger partial charge >= 0.3 is 0 Å². The number of phenolic OH excluding ortho intramolecular Hbond substituents is 1. The molecule has 5 rings (SSSR count). The van der Waals surface area contributed by atoms with Crippen molar-refractivity contribution in [3.8, 4) is 5.75 Å². The topological polar surface area (TPSA) is 373 Å². The minimum Gasteiger partial charge on any atom is -0.508 e. The standard InChI is InChI=1S/C53H76N16O10/c1-8-31(4)45(62-33(6)70)50(77)61-32(5)51(78)68-20-18-67(19-21-68)36-13-16-39-38(25-36)52(79)69(29-60-39)27-44(72)63-40(10-9-17-58-53(54)55)47(74)66-43(24-35-26-57-28-59-35)49(76)65-42(23-34-11-14-37(71)15-12-34)48(75)64-41(22-30(2)3)46(73)56-7/h11-16,25-26,28-32,40-43,45,71H,8-10,17-24,27H2,1-7H3,(H,56,73)(H,57,59)(H,61,77)(H,62,70)(H,63,72)(H,64,75)(H,65,76)(H,66,74)(H4,54,55,58)/t31-,32-,40-,41-,42-,43-,45-/m0/s1. The third-order valence-electron chi connectivity index (χ3n) is 13.5. The number of H-pyrrole nitrogens is 1. The van der Waals surface area contributed by atoms with Crippen LogP contribution in [0.2, 0.25) is 0 Å². The Morgan fingerprint density at radius 3 is 2.03 bits per heavy atom. The van der Waals surface area contributed by atoms with Crippen LogP contribution >= 0.6 is 0 Å². The number of rotatable bonds is 27. The third kappa shape index (κ3) is 18.3. The maximum absolute atomic E-state index is 14.4. The summed E-state index contributed by atoms with van der Waals surface area (Å²) in [6, 6.07) is 4.61. The number of nitrogens with two attached hydrogens (primary N) is 1. The number of benzene rings is 2. The number of nitrogens with one attached hydrogen (secondary N) is 10. The van der Waals surface area contributed by atoms with Crippen LogP contribution in [0.4, 0.5) is 5.69 Å². The number of aromatic nitrogens is 4. The van der Waals surface area contributed by atoms with Gasteiger partial charge in [-0.05, 0) is 73.9 Å². The Balaban J connectivity index is 1.31. The van der Waals surface area contributed by atoms with Crippen LogP contribution in [-0.2, 0) is 57.7 Å². The molecule has 26 nitrogen and oxygen atoms in total. The Labute approximate surface area is 458 Å². The summed E-state index contributed by atoms with van der Waals surface area (Å²) < 4.78 is 1.10. The molecule has 0 unspecified atom stereocenters. The quantitative estimate of drug-likeness (QED) is 0.0194. The average molecular weight is 1100 g/mol. The number of hydrogen-bond donors (Lipinski definition) is 12. The number of carbonyl (C=O) groups is 8. The van der Waals surface area contributed by atoms with Crippen molar-refractivity contribution >= 4 is 69.8 Å². The van der Waals surface area contributed by atoms with Crippen LogP contribution in [0.1, 0.15) is 78.5 Å². The van der Waals surface area contributed by atoms with Gasteiger partial charge in [0.2, 0.25) is 47.3 Å². The van der Waals surface area contributed by atoms with Crippen molar-refractivity contribution in [1.82, 2.24) is 67.0 Å². The molecule has 7 atom stereocenters. The molecule has 13 N–H and O–H groups in total. The lowest BCUT2D eigenvalue weighted by Gasteiger charge is -2.37. The van der Waals surface area contributed by atoms with Gasteiger partial charge in [0.05, 0.1) is 29.3 Å². The normalized spacial score (nSPS) is 15.0. The zero-order valence-corrected chi connectivity index (χ0v) is 45.8. The molecule has 1 saturated heterocycles. The molecule has 2 aromatic heterocycles. The largest absolute Gasteiger partial charge is 0.508 e. The second kappa shape index (κ2) is 29.2. The van der Waals surface area contributed by atoms with Gasteiger partial charge in [-0.15, -0.1) is 0 Å². The Bertz CT molecular complexity index is 2830. The van der Waals surface area contributed by atoms with Crippen molar-refractivity contribution in [2.45, 2.75) is 123 Å². The first-order chi connectivity index (χ1) is 37.6. The van der Waals surface area contributed by atoms with E-state index in [2.05, 4.69) is 57.5 Å². The summed E-state index contributed by atoms with van der Waals surface area (Å²) in [6.45, 7) is 11.5. The first-order valence-electron chi connectivity index (χ1n) is 26.4. The van der Waals surface area contributed by atoms with E-state index in [0.717, 1.165) is 4.57 Å². The van der Waals surface area contributed by atoms with Crippen molar-refractivity contribution in [3.05, 3.63) is 82.9 Å². The number of amides is 8. The van der Waals surface area contributed by atoms with E-state index in [4.69, 9.17) is 11.1 Å². The third-order valence-corrected chi connectivity index (χ3v) is 13.5. The minimum atomic E-state index is -1.38.